The molecule has 0 spiro atoms. The smallest absolute Gasteiger partial charge is 0.159 e. The van der Waals surface area contributed by atoms with Crippen LogP contribution in [0.3, 0.4) is 0 Å². The number of imidazole rings is 1. The fraction of sp³-hybridized carbons (Fsp3) is 0.385. The van der Waals surface area contributed by atoms with Gasteiger partial charge in [0.25, 0.3) is 0 Å². The number of aromatic amines is 1. The van der Waals surface area contributed by atoms with Crippen LogP contribution < -0.4 is 15.1 Å². The Bertz CT molecular complexity index is 1310. The predicted octanol–water partition coefficient (Wildman–Crippen LogP) is 3.90. The summed E-state index contributed by atoms with van der Waals surface area (Å²) in [6.45, 7) is 5.88. The third kappa shape index (κ3) is 4.68. The highest BCUT2D eigenvalue weighted by atomic mass is 35.5. The van der Waals surface area contributed by atoms with E-state index in [9.17, 15) is 0 Å². The number of likely N-dealkylation sites (tertiary alicyclic amines) is 1. The van der Waals surface area contributed by atoms with Crippen LogP contribution in [-0.2, 0) is 0 Å². The second-order valence-corrected chi connectivity index (χ2v) is 9.98. The van der Waals surface area contributed by atoms with Crippen LogP contribution in [0.5, 0.6) is 0 Å². The molecular weight excluding hydrogens is 474 g/mol. The molecule has 4 aromatic rings. The van der Waals surface area contributed by atoms with E-state index in [2.05, 4.69) is 71.3 Å². The summed E-state index contributed by atoms with van der Waals surface area (Å²) in [5, 5.41) is 4.25. The normalized spacial score (nSPS) is 17.6. The fourth-order valence-corrected chi connectivity index (χ4v) is 5.23. The molecule has 0 amide bonds. The minimum absolute atomic E-state index is 0.387. The van der Waals surface area contributed by atoms with Gasteiger partial charge in [0.05, 0.1) is 23.1 Å². The predicted molar refractivity (Wildman–Crippen MR) is 145 cm³/mol. The Labute approximate surface area is 215 Å². The monoisotopic (exact) mass is 503 g/mol. The van der Waals surface area contributed by atoms with Crippen LogP contribution in [0.2, 0.25) is 5.02 Å². The van der Waals surface area contributed by atoms with Crippen molar-refractivity contribution in [2.45, 2.75) is 18.9 Å². The van der Waals surface area contributed by atoms with Gasteiger partial charge in [-0.25, -0.2) is 15.0 Å². The highest BCUT2D eigenvalue weighted by Gasteiger charge is 2.21. The summed E-state index contributed by atoms with van der Waals surface area (Å²) in [6, 6.07) is 8.96. The first kappa shape index (κ1) is 23.0. The molecule has 5 heterocycles. The van der Waals surface area contributed by atoms with E-state index in [1.165, 1.54) is 5.69 Å². The molecule has 0 saturated carbocycles. The largest absolute Gasteiger partial charge is 0.379 e. The van der Waals surface area contributed by atoms with E-state index >= 15 is 0 Å². The maximum absolute atomic E-state index is 6.56. The van der Waals surface area contributed by atoms with Crippen molar-refractivity contribution in [3.05, 3.63) is 54.1 Å². The Hall–Kier alpha value is -3.43. The van der Waals surface area contributed by atoms with E-state index in [1.54, 1.807) is 18.6 Å². The van der Waals surface area contributed by atoms with Crippen molar-refractivity contribution in [3.63, 3.8) is 0 Å². The van der Waals surface area contributed by atoms with Crippen molar-refractivity contribution in [3.8, 4) is 11.4 Å². The molecule has 10 heteroatoms. The number of benzene rings is 1. The van der Waals surface area contributed by atoms with Crippen molar-refractivity contribution in [2.24, 2.45) is 0 Å². The number of hydrogen-bond donors (Lipinski definition) is 2. The van der Waals surface area contributed by atoms with Gasteiger partial charge in [-0.05, 0) is 57.2 Å². The summed E-state index contributed by atoms with van der Waals surface area (Å²) in [4.78, 5) is 28.4. The SMILES string of the molecule is CN1CCC(Nc2c(Cl)cnc3[nH]c(-c4ccc(N5CCN(c6cnccn6)CC5)cc4)nc23)CC1. The number of fused-ring (bicyclic) bond motifs is 1. The summed E-state index contributed by atoms with van der Waals surface area (Å²) in [5.74, 6) is 1.74. The molecule has 0 atom stereocenters. The maximum atomic E-state index is 6.56. The molecule has 0 unspecified atom stereocenters. The number of anilines is 3. The molecule has 36 heavy (non-hydrogen) atoms. The topological polar surface area (TPSA) is 89.1 Å². The van der Waals surface area contributed by atoms with Crippen LogP contribution in [0.4, 0.5) is 17.2 Å². The minimum atomic E-state index is 0.387. The number of pyridine rings is 1. The van der Waals surface area contributed by atoms with Crippen LogP contribution in [0.25, 0.3) is 22.6 Å². The lowest BCUT2D eigenvalue weighted by molar-refractivity contribution is 0.264. The minimum Gasteiger partial charge on any atom is -0.379 e. The van der Waals surface area contributed by atoms with Gasteiger partial charge in [0.2, 0.25) is 0 Å². The molecule has 2 N–H and O–H groups in total. The van der Waals surface area contributed by atoms with Gasteiger partial charge in [0.1, 0.15) is 17.2 Å². The summed E-state index contributed by atoms with van der Waals surface area (Å²) < 4.78 is 0. The van der Waals surface area contributed by atoms with Gasteiger partial charge >= 0.3 is 0 Å². The average molecular weight is 504 g/mol. The van der Waals surface area contributed by atoms with Crippen molar-refractivity contribution < 1.29 is 0 Å². The van der Waals surface area contributed by atoms with Gasteiger partial charge in [-0.1, -0.05) is 11.6 Å². The molecule has 0 bridgehead atoms. The standard InChI is InChI=1S/C26H30ClN9/c1-34-10-6-19(7-11-34)31-23-21(27)16-30-26-24(23)32-25(33-26)18-2-4-20(5-3-18)35-12-14-36(15-13-35)22-17-28-8-9-29-22/h2-5,8-9,16-17,19H,6-7,10-15H2,1H3,(H2,30,31,32,33). The number of rotatable bonds is 5. The van der Waals surface area contributed by atoms with Crippen molar-refractivity contribution >= 4 is 40.0 Å². The second kappa shape index (κ2) is 9.91. The van der Waals surface area contributed by atoms with Crippen molar-refractivity contribution in [2.75, 3.05) is 61.4 Å². The number of nitrogens with one attached hydrogen (secondary N) is 2. The maximum Gasteiger partial charge on any atom is 0.159 e. The van der Waals surface area contributed by atoms with Crippen LogP contribution in [0, 0.1) is 0 Å². The molecule has 186 valence electrons. The number of aromatic nitrogens is 5. The molecule has 2 aliphatic rings. The van der Waals surface area contributed by atoms with E-state index in [0.29, 0.717) is 11.1 Å². The van der Waals surface area contributed by atoms with Crippen molar-refractivity contribution in [1.29, 1.82) is 0 Å². The van der Waals surface area contributed by atoms with E-state index < -0.39 is 0 Å². The third-order valence-electron chi connectivity index (χ3n) is 7.19. The highest BCUT2D eigenvalue weighted by Crippen LogP contribution is 2.32. The van der Waals surface area contributed by atoms with E-state index in [0.717, 1.165) is 86.2 Å². The van der Waals surface area contributed by atoms with Gasteiger partial charge in [-0.3, -0.25) is 4.98 Å². The number of hydrogen-bond acceptors (Lipinski definition) is 8. The summed E-state index contributed by atoms with van der Waals surface area (Å²) in [7, 11) is 2.17. The summed E-state index contributed by atoms with van der Waals surface area (Å²) in [5.41, 5.74) is 4.64. The van der Waals surface area contributed by atoms with E-state index in [1.807, 2.05) is 6.20 Å². The fourth-order valence-electron chi connectivity index (χ4n) is 5.04. The third-order valence-corrected chi connectivity index (χ3v) is 7.48. The Morgan fingerprint density at radius 2 is 1.67 bits per heavy atom. The zero-order valence-corrected chi connectivity index (χ0v) is 21.1. The average Bonchev–Trinajstić information content (AvgIpc) is 3.37. The first-order valence-electron chi connectivity index (χ1n) is 12.5. The zero-order chi connectivity index (χ0) is 24.5. The van der Waals surface area contributed by atoms with Gasteiger partial charge < -0.3 is 25.0 Å². The molecule has 2 fully saturated rings. The Kier molecular flexibility index (Phi) is 6.33. The summed E-state index contributed by atoms with van der Waals surface area (Å²) in [6.07, 6.45) is 9.16. The molecule has 0 radical (unpaired) electrons. The molecule has 3 aromatic heterocycles. The lowest BCUT2D eigenvalue weighted by atomic mass is 10.1. The molecule has 2 saturated heterocycles. The first-order chi connectivity index (χ1) is 17.6. The van der Waals surface area contributed by atoms with Crippen LogP contribution in [-0.4, -0.2) is 82.2 Å². The van der Waals surface area contributed by atoms with Crippen LogP contribution in [0.1, 0.15) is 12.8 Å². The molecule has 6 rings (SSSR count). The molecule has 0 aliphatic carbocycles. The van der Waals surface area contributed by atoms with E-state index in [-0.39, 0.29) is 0 Å². The Morgan fingerprint density at radius 1 is 0.917 bits per heavy atom. The number of nitrogens with zero attached hydrogens (tertiary/aromatic N) is 7. The van der Waals surface area contributed by atoms with Gasteiger partial charge in [0.15, 0.2) is 5.65 Å². The first-order valence-corrected chi connectivity index (χ1v) is 12.9. The zero-order valence-electron chi connectivity index (χ0n) is 20.4. The van der Waals surface area contributed by atoms with Gasteiger partial charge in [0, 0.05) is 55.9 Å². The second-order valence-electron chi connectivity index (χ2n) is 9.57. The Morgan fingerprint density at radius 3 is 2.39 bits per heavy atom. The lowest BCUT2D eigenvalue weighted by Crippen LogP contribution is -2.46. The number of H-pyrrole nitrogens is 1. The van der Waals surface area contributed by atoms with Gasteiger partial charge in [-0.15, -0.1) is 0 Å². The number of piperazine rings is 1. The molecule has 9 nitrogen and oxygen atoms in total. The Balaban J connectivity index is 1.17. The van der Waals surface area contributed by atoms with Gasteiger partial charge in [-0.2, -0.15) is 0 Å². The quantitative estimate of drug-likeness (QED) is 0.424. The van der Waals surface area contributed by atoms with E-state index in [4.69, 9.17) is 16.6 Å². The molecule has 1 aromatic carbocycles. The lowest BCUT2D eigenvalue weighted by Gasteiger charge is -2.36. The molecular formula is C26H30ClN9. The number of halogens is 1. The van der Waals surface area contributed by atoms with Crippen LogP contribution >= 0.6 is 11.6 Å². The number of piperidine rings is 1. The highest BCUT2D eigenvalue weighted by molar-refractivity contribution is 6.34. The molecule has 2 aliphatic heterocycles. The van der Waals surface area contributed by atoms with Crippen LogP contribution in [0.15, 0.2) is 49.1 Å². The van der Waals surface area contributed by atoms with Crippen molar-refractivity contribution in [1.82, 2.24) is 29.8 Å². The summed E-state index contributed by atoms with van der Waals surface area (Å²) >= 11 is 6.56.